The van der Waals surface area contributed by atoms with E-state index < -0.39 is 0 Å². The third kappa shape index (κ3) is 4.60. The van der Waals surface area contributed by atoms with Gasteiger partial charge in [0, 0.05) is 43.9 Å². The standard InChI is InChI=1S/C20H29N3O2/c1-15(24)23-13-10-16-14-17(8-9-19(16)23)20(25)22-12-11-21-18-6-4-2-3-5-7-18/h8-9,14,18,21H,2-7,10-13H2,1H3,(H,22,25). The Morgan fingerprint density at radius 3 is 2.60 bits per heavy atom. The first kappa shape index (κ1) is 17.9. The van der Waals surface area contributed by atoms with Crippen LogP contribution in [0.3, 0.4) is 0 Å². The quantitative estimate of drug-likeness (QED) is 0.638. The van der Waals surface area contributed by atoms with Crippen molar-refractivity contribution in [3.05, 3.63) is 29.3 Å². The van der Waals surface area contributed by atoms with E-state index in [2.05, 4.69) is 10.6 Å². The number of nitrogens with one attached hydrogen (secondary N) is 2. The van der Waals surface area contributed by atoms with Gasteiger partial charge in [-0.25, -0.2) is 0 Å². The first-order valence-corrected chi connectivity index (χ1v) is 9.58. The molecule has 2 amide bonds. The van der Waals surface area contributed by atoms with Crippen molar-refractivity contribution >= 4 is 17.5 Å². The zero-order valence-electron chi connectivity index (χ0n) is 15.1. The summed E-state index contributed by atoms with van der Waals surface area (Å²) >= 11 is 0. The first-order chi connectivity index (χ1) is 12.1. The predicted octanol–water partition coefficient (Wildman–Crippen LogP) is 2.64. The molecule has 5 heteroatoms. The third-order valence-electron chi connectivity index (χ3n) is 5.32. The summed E-state index contributed by atoms with van der Waals surface area (Å²) in [5, 5.41) is 6.57. The van der Waals surface area contributed by atoms with E-state index in [1.54, 1.807) is 11.8 Å². The maximum atomic E-state index is 12.3. The molecule has 0 spiro atoms. The van der Waals surface area contributed by atoms with Crippen molar-refractivity contribution in [2.24, 2.45) is 0 Å². The second kappa shape index (κ2) is 8.48. The number of nitrogens with zero attached hydrogens (tertiary/aromatic N) is 1. The van der Waals surface area contributed by atoms with Gasteiger partial charge in [0.1, 0.15) is 0 Å². The van der Waals surface area contributed by atoms with Crippen LogP contribution in [0.4, 0.5) is 5.69 Å². The van der Waals surface area contributed by atoms with Crippen LogP contribution < -0.4 is 15.5 Å². The highest BCUT2D eigenvalue weighted by molar-refractivity contribution is 5.97. The summed E-state index contributed by atoms with van der Waals surface area (Å²) in [5.74, 6) is 0.0206. The topological polar surface area (TPSA) is 61.4 Å². The molecule has 0 saturated heterocycles. The normalized spacial score (nSPS) is 17.9. The van der Waals surface area contributed by atoms with Crippen LogP contribution in [-0.2, 0) is 11.2 Å². The van der Waals surface area contributed by atoms with E-state index in [9.17, 15) is 9.59 Å². The number of hydrogen-bond donors (Lipinski definition) is 2. The van der Waals surface area contributed by atoms with Crippen molar-refractivity contribution in [1.82, 2.24) is 10.6 Å². The van der Waals surface area contributed by atoms with Crippen LogP contribution in [0.2, 0.25) is 0 Å². The summed E-state index contributed by atoms with van der Waals surface area (Å²) in [6.45, 7) is 3.75. The number of rotatable bonds is 5. The Bertz CT molecular complexity index is 621. The number of hydrogen-bond acceptors (Lipinski definition) is 3. The van der Waals surface area contributed by atoms with Crippen LogP contribution in [0.15, 0.2) is 18.2 Å². The Kier molecular flexibility index (Phi) is 6.08. The monoisotopic (exact) mass is 343 g/mol. The van der Waals surface area contributed by atoms with Gasteiger partial charge < -0.3 is 15.5 Å². The van der Waals surface area contributed by atoms with Gasteiger partial charge in [-0.1, -0.05) is 25.7 Å². The van der Waals surface area contributed by atoms with E-state index in [0.717, 1.165) is 24.2 Å². The first-order valence-electron chi connectivity index (χ1n) is 9.58. The Morgan fingerprint density at radius 2 is 1.88 bits per heavy atom. The van der Waals surface area contributed by atoms with Crippen molar-refractivity contribution in [3.8, 4) is 0 Å². The second-order valence-electron chi connectivity index (χ2n) is 7.16. The minimum atomic E-state index is -0.0354. The van der Waals surface area contributed by atoms with Crippen LogP contribution in [0.5, 0.6) is 0 Å². The lowest BCUT2D eigenvalue weighted by molar-refractivity contribution is -0.116. The van der Waals surface area contributed by atoms with Gasteiger partial charge in [0.2, 0.25) is 5.91 Å². The fourth-order valence-corrected chi connectivity index (χ4v) is 3.91. The van der Waals surface area contributed by atoms with Crippen LogP contribution >= 0.6 is 0 Å². The van der Waals surface area contributed by atoms with Gasteiger partial charge in [0.25, 0.3) is 5.91 Å². The number of benzene rings is 1. The minimum absolute atomic E-state index is 0.0354. The molecule has 0 radical (unpaired) electrons. The number of fused-ring (bicyclic) bond motifs is 1. The highest BCUT2D eigenvalue weighted by atomic mass is 16.2. The SMILES string of the molecule is CC(=O)N1CCc2cc(C(=O)NCCNC3CCCCCC3)ccc21. The molecule has 25 heavy (non-hydrogen) atoms. The van der Waals surface area contributed by atoms with E-state index in [0.29, 0.717) is 24.7 Å². The zero-order valence-corrected chi connectivity index (χ0v) is 15.1. The molecule has 1 aliphatic carbocycles. The molecule has 1 heterocycles. The van der Waals surface area contributed by atoms with Gasteiger partial charge in [-0.05, 0) is 43.0 Å². The highest BCUT2D eigenvalue weighted by Gasteiger charge is 2.23. The smallest absolute Gasteiger partial charge is 0.251 e. The van der Waals surface area contributed by atoms with Crippen molar-refractivity contribution in [2.45, 2.75) is 57.9 Å². The molecule has 1 saturated carbocycles. The Hall–Kier alpha value is -1.88. The maximum absolute atomic E-state index is 12.3. The fraction of sp³-hybridized carbons (Fsp3) is 0.600. The molecule has 5 nitrogen and oxygen atoms in total. The van der Waals surface area contributed by atoms with Gasteiger partial charge in [-0.3, -0.25) is 9.59 Å². The summed E-state index contributed by atoms with van der Waals surface area (Å²) in [6, 6.07) is 6.24. The predicted molar refractivity (Wildman–Crippen MR) is 100.0 cm³/mol. The molecule has 1 aliphatic heterocycles. The van der Waals surface area contributed by atoms with E-state index in [-0.39, 0.29) is 11.8 Å². The van der Waals surface area contributed by atoms with Gasteiger partial charge in [-0.2, -0.15) is 0 Å². The average Bonchev–Trinajstić information content (AvgIpc) is 2.86. The lowest BCUT2D eigenvalue weighted by Crippen LogP contribution is -2.36. The molecule has 1 aromatic rings. The largest absolute Gasteiger partial charge is 0.351 e. The number of carbonyl (C=O) groups excluding carboxylic acids is 2. The summed E-state index contributed by atoms with van der Waals surface area (Å²) < 4.78 is 0. The molecular formula is C20H29N3O2. The van der Waals surface area contributed by atoms with Gasteiger partial charge >= 0.3 is 0 Å². The third-order valence-corrected chi connectivity index (χ3v) is 5.32. The molecule has 136 valence electrons. The minimum Gasteiger partial charge on any atom is -0.351 e. The zero-order chi connectivity index (χ0) is 17.6. The van der Waals surface area contributed by atoms with Crippen LogP contribution in [-0.4, -0.2) is 37.5 Å². The number of amides is 2. The van der Waals surface area contributed by atoms with E-state index in [1.807, 2.05) is 18.2 Å². The van der Waals surface area contributed by atoms with E-state index >= 15 is 0 Å². The van der Waals surface area contributed by atoms with Crippen molar-refractivity contribution < 1.29 is 9.59 Å². The molecule has 2 N–H and O–H groups in total. The Balaban J connectivity index is 1.46. The molecular weight excluding hydrogens is 314 g/mol. The fourth-order valence-electron chi connectivity index (χ4n) is 3.91. The van der Waals surface area contributed by atoms with Gasteiger partial charge in [-0.15, -0.1) is 0 Å². The molecule has 1 aromatic carbocycles. The van der Waals surface area contributed by atoms with Crippen molar-refractivity contribution in [3.63, 3.8) is 0 Å². The van der Waals surface area contributed by atoms with Crippen molar-refractivity contribution in [1.29, 1.82) is 0 Å². The molecule has 0 aromatic heterocycles. The molecule has 3 rings (SSSR count). The van der Waals surface area contributed by atoms with Gasteiger partial charge in [0.05, 0.1) is 0 Å². The lowest BCUT2D eigenvalue weighted by atomic mass is 10.1. The summed E-state index contributed by atoms with van der Waals surface area (Å²) in [6.07, 6.45) is 8.67. The average molecular weight is 343 g/mol. The highest BCUT2D eigenvalue weighted by Crippen LogP contribution is 2.28. The Morgan fingerprint density at radius 1 is 1.12 bits per heavy atom. The molecule has 1 fully saturated rings. The van der Waals surface area contributed by atoms with E-state index in [4.69, 9.17) is 0 Å². The molecule has 0 atom stereocenters. The summed E-state index contributed by atoms with van der Waals surface area (Å²) in [4.78, 5) is 25.7. The van der Waals surface area contributed by atoms with Crippen LogP contribution in [0.1, 0.15) is 61.4 Å². The van der Waals surface area contributed by atoms with Crippen LogP contribution in [0, 0.1) is 0 Å². The molecule has 0 bridgehead atoms. The number of carbonyl (C=O) groups is 2. The lowest BCUT2D eigenvalue weighted by Gasteiger charge is -2.16. The second-order valence-corrected chi connectivity index (χ2v) is 7.16. The number of anilines is 1. The summed E-state index contributed by atoms with van der Waals surface area (Å²) in [5.41, 5.74) is 2.71. The van der Waals surface area contributed by atoms with Crippen molar-refractivity contribution in [2.75, 3.05) is 24.5 Å². The Labute approximate surface area is 150 Å². The van der Waals surface area contributed by atoms with E-state index in [1.165, 1.54) is 38.5 Å². The maximum Gasteiger partial charge on any atom is 0.251 e. The molecule has 0 unspecified atom stereocenters. The summed E-state index contributed by atoms with van der Waals surface area (Å²) in [7, 11) is 0. The molecule has 2 aliphatic rings. The van der Waals surface area contributed by atoms with Gasteiger partial charge in [0.15, 0.2) is 0 Å². The van der Waals surface area contributed by atoms with Crippen LogP contribution in [0.25, 0.3) is 0 Å².